The molecule has 0 saturated heterocycles. The Morgan fingerprint density at radius 1 is 0.773 bits per heavy atom. The topological polar surface area (TPSA) is 151 Å². The van der Waals surface area contributed by atoms with Crippen molar-refractivity contribution in [1.29, 1.82) is 0 Å². The predicted octanol–water partition coefficient (Wildman–Crippen LogP) is 3.21. The number of fused-ring (bicyclic) bond motifs is 2. The van der Waals surface area contributed by atoms with Crippen molar-refractivity contribution in [3.63, 3.8) is 0 Å². The van der Waals surface area contributed by atoms with E-state index < -0.39 is 35.5 Å². The van der Waals surface area contributed by atoms with Crippen LogP contribution in [-0.2, 0) is 19.2 Å². The van der Waals surface area contributed by atoms with Gasteiger partial charge < -0.3 is 29.2 Å². The molecule has 0 amide bonds. The van der Waals surface area contributed by atoms with Crippen LogP contribution in [0.15, 0.2) is 72.8 Å². The number of anilines is 1. The summed E-state index contributed by atoms with van der Waals surface area (Å²) in [5.41, 5.74) is 2.06. The molecule has 4 aromatic rings. The number of nitrogens with zero attached hydrogens (tertiary/aromatic N) is 4. The van der Waals surface area contributed by atoms with Gasteiger partial charge in [-0.3, -0.25) is 0 Å². The molecule has 2 aromatic carbocycles. The van der Waals surface area contributed by atoms with Gasteiger partial charge in [0.2, 0.25) is 5.75 Å². The summed E-state index contributed by atoms with van der Waals surface area (Å²) in [6, 6.07) is 13.9. The average Bonchev–Trinajstić information content (AvgIpc) is 3.37. The van der Waals surface area contributed by atoms with Gasteiger partial charge in [0.05, 0.1) is 11.1 Å². The zero-order chi connectivity index (χ0) is 30.8. The first-order valence-electron chi connectivity index (χ1n) is 13.6. The fourth-order valence-corrected chi connectivity index (χ4v) is 4.62. The molecule has 0 atom stereocenters. The highest BCUT2D eigenvalue weighted by molar-refractivity contribution is 6.05. The molecule has 6 rings (SSSR count). The van der Waals surface area contributed by atoms with Crippen LogP contribution < -0.4 is 24.3 Å². The van der Waals surface area contributed by atoms with E-state index in [0.717, 1.165) is 49.5 Å². The van der Waals surface area contributed by atoms with Crippen molar-refractivity contribution in [2.75, 3.05) is 32.5 Å². The zero-order valence-electron chi connectivity index (χ0n) is 23.6. The number of carbonyl (C=O) groups is 4. The minimum absolute atomic E-state index is 0.102. The number of hydrogen-bond donors (Lipinski definition) is 1. The quantitative estimate of drug-likeness (QED) is 0.198. The summed E-state index contributed by atoms with van der Waals surface area (Å²) in [5, 5.41) is 8.31. The number of hydrogen-bond acceptors (Lipinski definition) is 12. The highest BCUT2D eigenvalue weighted by Crippen LogP contribution is 2.48. The second-order valence-electron chi connectivity index (χ2n) is 10.0. The van der Waals surface area contributed by atoms with Crippen molar-refractivity contribution in [2.45, 2.75) is 6.42 Å². The Balaban J connectivity index is 1.58. The number of para-hydroxylation sites is 1. The van der Waals surface area contributed by atoms with E-state index in [1.54, 1.807) is 36.4 Å². The van der Waals surface area contributed by atoms with Crippen LogP contribution in [0.2, 0.25) is 0 Å². The molecule has 13 nitrogen and oxygen atoms in total. The second-order valence-corrected chi connectivity index (χ2v) is 10.0. The van der Waals surface area contributed by atoms with E-state index in [-0.39, 0.29) is 28.2 Å². The van der Waals surface area contributed by atoms with Gasteiger partial charge in [-0.1, -0.05) is 12.1 Å². The van der Waals surface area contributed by atoms with Crippen LogP contribution in [-0.4, -0.2) is 70.7 Å². The highest BCUT2D eigenvalue weighted by atomic mass is 16.6. The lowest BCUT2D eigenvalue weighted by molar-refractivity contribution is -0.134. The maximum absolute atomic E-state index is 12.7. The van der Waals surface area contributed by atoms with Gasteiger partial charge in [0.1, 0.15) is 11.4 Å². The molecule has 0 saturated carbocycles. The van der Waals surface area contributed by atoms with Crippen molar-refractivity contribution in [1.82, 2.24) is 19.7 Å². The SMILES string of the molecule is CN(C)CCCNc1ccc(-n2nc3c4c5c(c(nc42)OC(=O)/C=C\C(=O)Oc2ccccc2-3)OC(=O)/C=C\C(=O)O5)cc1. The van der Waals surface area contributed by atoms with Gasteiger partial charge >= 0.3 is 23.9 Å². The average molecular weight is 596 g/mol. The molecule has 0 aliphatic carbocycles. The van der Waals surface area contributed by atoms with Crippen LogP contribution >= 0.6 is 0 Å². The first-order chi connectivity index (χ1) is 21.3. The largest absolute Gasteiger partial charge is 0.423 e. The molecule has 13 heteroatoms. The molecular weight excluding hydrogens is 570 g/mol. The Morgan fingerprint density at radius 3 is 2.11 bits per heavy atom. The van der Waals surface area contributed by atoms with Crippen molar-refractivity contribution in [3.05, 3.63) is 72.8 Å². The number of benzene rings is 2. The Kier molecular flexibility index (Phi) is 7.60. The van der Waals surface area contributed by atoms with E-state index >= 15 is 0 Å². The van der Waals surface area contributed by atoms with E-state index in [4.69, 9.17) is 24.0 Å². The molecule has 0 unspecified atom stereocenters. The van der Waals surface area contributed by atoms with Gasteiger partial charge in [0.15, 0.2) is 11.4 Å². The summed E-state index contributed by atoms with van der Waals surface area (Å²) in [7, 11) is 4.04. The van der Waals surface area contributed by atoms with Gasteiger partial charge in [-0.2, -0.15) is 10.1 Å². The molecule has 2 aromatic heterocycles. The van der Waals surface area contributed by atoms with Gasteiger partial charge in [0.25, 0.3) is 5.88 Å². The van der Waals surface area contributed by atoms with E-state index in [0.29, 0.717) is 11.3 Å². The summed E-state index contributed by atoms with van der Waals surface area (Å²) >= 11 is 0. The fourth-order valence-electron chi connectivity index (χ4n) is 4.62. The van der Waals surface area contributed by atoms with Gasteiger partial charge in [-0.25, -0.2) is 23.9 Å². The molecule has 0 spiro atoms. The Labute approximate surface area is 250 Å². The lowest BCUT2D eigenvalue weighted by Crippen LogP contribution is -2.17. The van der Waals surface area contributed by atoms with E-state index in [2.05, 4.69) is 15.2 Å². The van der Waals surface area contributed by atoms with Crippen LogP contribution in [0.5, 0.6) is 23.1 Å². The molecule has 0 fully saturated rings. The Bertz CT molecular complexity index is 1870. The number of nitrogens with one attached hydrogen (secondary N) is 1. The molecule has 4 heterocycles. The third kappa shape index (κ3) is 5.76. The molecule has 1 N–H and O–H groups in total. The first kappa shape index (κ1) is 28.3. The molecular formula is C31H25N5O8. The van der Waals surface area contributed by atoms with Crippen molar-refractivity contribution < 1.29 is 38.1 Å². The van der Waals surface area contributed by atoms with Gasteiger partial charge in [-0.05, 0) is 63.5 Å². The van der Waals surface area contributed by atoms with E-state index in [1.807, 2.05) is 26.2 Å². The van der Waals surface area contributed by atoms with Gasteiger partial charge in [0, 0.05) is 42.1 Å². The zero-order valence-corrected chi connectivity index (χ0v) is 23.6. The number of ether oxygens (including phenoxy) is 4. The molecule has 222 valence electrons. The molecule has 2 aliphatic heterocycles. The minimum atomic E-state index is -1.03. The second kappa shape index (κ2) is 11.8. The summed E-state index contributed by atoms with van der Waals surface area (Å²) < 4.78 is 23.5. The number of rotatable bonds is 6. The minimum Gasteiger partial charge on any atom is -0.423 e. The smallest absolute Gasteiger partial charge is 0.337 e. The van der Waals surface area contributed by atoms with Crippen molar-refractivity contribution in [3.8, 4) is 40.1 Å². The van der Waals surface area contributed by atoms with E-state index in [9.17, 15) is 19.2 Å². The standard InChI is InChI=1S/C31H25N5O8/c1-35(2)17-5-16-32-18-8-10-19(11-9-18)36-30-26-27(34-36)20-6-3-4-7-21(20)41-22(37)12-15-25(40)44-31(33-30)29-28(26)42-23(38)13-14-24(39)43-29/h3-4,6-15,32H,5,16-17H2,1-2H3/b14-13-,15-12-. The Morgan fingerprint density at radius 2 is 1.41 bits per heavy atom. The molecule has 2 bridgehead atoms. The molecule has 44 heavy (non-hydrogen) atoms. The van der Waals surface area contributed by atoms with Crippen molar-refractivity contribution >= 4 is 40.6 Å². The molecule has 2 aliphatic rings. The maximum atomic E-state index is 12.7. The maximum Gasteiger partial charge on any atom is 0.337 e. The third-order valence-electron chi connectivity index (χ3n) is 6.59. The van der Waals surface area contributed by atoms with Crippen LogP contribution in [0.3, 0.4) is 0 Å². The van der Waals surface area contributed by atoms with Crippen LogP contribution in [0.1, 0.15) is 6.42 Å². The normalized spacial score (nSPS) is 15.9. The summed E-state index contributed by atoms with van der Waals surface area (Å²) in [6.45, 7) is 1.72. The number of esters is 4. The summed E-state index contributed by atoms with van der Waals surface area (Å²) in [5.74, 6) is -4.75. The summed E-state index contributed by atoms with van der Waals surface area (Å²) in [6.07, 6.45) is 4.45. The number of aromatic nitrogens is 3. The number of pyridine rings is 1. The first-order valence-corrected chi connectivity index (χ1v) is 13.6. The van der Waals surface area contributed by atoms with Crippen LogP contribution in [0.4, 0.5) is 5.69 Å². The van der Waals surface area contributed by atoms with E-state index in [1.165, 1.54) is 4.68 Å². The lowest BCUT2D eigenvalue weighted by Gasteiger charge is -2.15. The fraction of sp³-hybridized carbons (Fsp3) is 0.161. The van der Waals surface area contributed by atoms with Crippen LogP contribution in [0, 0.1) is 0 Å². The number of carbonyl (C=O) groups excluding carboxylic acids is 4. The van der Waals surface area contributed by atoms with Crippen LogP contribution in [0.25, 0.3) is 28.0 Å². The monoisotopic (exact) mass is 595 g/mol. The lowest BCUT2D eigenvalue weighted by atomic mass is 10.1. The predicted molar refractivity (Wildman–Crippen MR) is 157 cm³/mol. The summed E-state index contributed by atoms with van der Waals surface area (Å²) in [4.78, 5) is 57.1. The van der Waals surface area contributed by atoms with Gasteiger partial charge in [-0.15, -0.1) is 0 Å². The third-order valence-corrected chi connectivity index (χ3v) is 6.59. The highest BCUT2D eigenvalue weighted by Gasteiger charge is 2.32. The Hall–Kier alpha value is -5.82. The molecule has 0 radical (unpaired) electrons. The van der Waals surface area contributed by atoms with Crippen molar-refractivity contribution in [2.24, 2.45) is 0 Å².